The van der Waals surface area contributed by atoms with Gasteiger partial charge in [0, 0.05) is 28.9 Å². The molecule has 0 aliphatic heterocycles. The largest absolute Gasteiger partial charge is 0.388 e. The van der Waals surface area contributed by atoms with Crippen LogP contribution in [0.1, 0.15) is 17.4 Å². The van der Waals surface area contributed by atoms with E-state index in [1.807, 2.05) is 12.1 Å². The lowest BCUT2D eigenvalue weighted by Gasteiger charge is -2.08. The molecule has 0 bridgehead atoms. The Hall–Kier alpha value is -1.20. The molecule has 0 aliphatic carbocycles. The summed E-state index contributed by atoms with van der Waals surface area (Å²) in [5, 5.41) is 16.3. The summed E-state index contributed by atoms with van der Waals surface area (Å²) in [6.45, 7) is 0. The Kier molecular flexibility index (Phi) is 3.13. The summed E-state index contributed by atoms with van der Waals surface area (Å²) < 4.78 is 0.910. The zero-order chi connectivity index (χ0) is 10.7. The molecule has 15 heavy (non-hydrogen) atoms. The van der Waals surface area contributed by atoms with E-state index >= 15 is 0 Å². The van der Waals surface area contributed by atoms with Gasteiger partial charge in [-0.1, -0.05) is 0 Å². The number of H-pyrrole nitrogens is 1. The van der Waals surface area contributed by atoms with E-state index in [4.69, 9.17) is 0 Å². The number of rotatable bonds is 3. The molecule has 0 aromatic carbocycles. The Morgan fingerprint density at radius 2 is 2.40 bits per heavy atom. The minimum absolute atomic E-state index is 0.473. The van der Waals surface area contributed by atoms with Crippen LogP contribution in [0.5, 0.6) is 0 Å². The molecule has 0 saturated heterocycles. The zero-order valence-corrected chi connectivity index (χ0v) is 9.48. The van der Waals surface area contributed by atoms with Crippen molar-refractivity contribution in [1.29, 1.82) is 0 Å². The summed E-state index contributed by atoms with van der Waals surface area (Å²) in [5.74, 6) is 0. The van der Waals surface area contributed by atoms with Crippen molar-refractivity contribution in [3.63, 3.8) is 0 Å². The number of hydrogen-bond acceptors (Lipinski definition) is 3. The molecule has 2 rings (SSSR count). The Morgan fingerprint density at radius 1 is 1.53 bits per heavy atom. The van der Waals surface area contributed by atoms with Crippen molar-refractivity contribution >= 4 is 15.9 Å². The predicted octanol–water partition coefficient (Wildman–Crippen LogP) is 1.84. The average molecular weight is 268 g/mol. The Labute approximate surface area is 95.5 Å². The van der Waals surface area contributed by atoms with Gasteiger partial charge < -0.3 is 5.11 Å². The first kappa shape index (κ1) is 10.3. The van der Waals surface area contributed by atoms with E-state index in [1.54, 1.807) is 18.6 Å². The van der Waals surface area contributed by atoms with Crippen LogP contribution in [0.2, 0.25) is 0 Å². The highest BCUT2D eigenvalue weighted by Crippen LogP contribution is 2.21. The fourth-order valence-electron chi connectivity index (χ4n) is 1.31. The summed E-state index contributed by atoms with van der Waals surface area (Å²) in [6, 6.07) is 3.75. The summed E-state index contributed by atoms with van der Waals surface area (Å²) >= 11 is 3.39. The molecule has 1 unspecified atom stereocenters. The lowest BCUT2D eigenvalue weighted by atomic mass is 10.1. The summed E-state index contributed by atoms with van der Waals surface area (Å²) in [6.07, 6.45) is 4.90. The van der Waals surface area contributed by atoms with Crippen LogP contribution in [0.4, 0.5) is 0 Å². The van der Waals surface area contributed by atoms with Gasteiger partial charge in [0.05, 0.1) is 18.0 Å². The number of hydrogen-bond donors (Lipinski definition) is 2. The average Bonchev–Trinajstić information content (AvgIpc) is 2.74. The van der Waals surface area contributed by atoms with E-state index in [-0.39, 0.29) is 0 Å². The molecular weight excluding hydrogens is 258 g/mol. The smallest absolute Gasteiger partial charge is 0.0876 e. The lowest BCUT2D eigenvalue weighted by Crippen LogP contribution is -2.02. The van der Waals surface area contributed by atoms with E-state index in [9.17, 15) is 5.11 Å². The van der Waals surface area contributed by atoms with Gasteiger partial charge in [0.2, 0.25) is 0 Å². The number of aromatic nitrogens is 3. The van der Waals surface area contributed by atoms with Gasteiger partial charge in [0.25, 0.3) is 0 Å². The van der Waals surface area contributed by atoms with Gasteiger partial charge in [0.15, 0.2) is 0 Å². The van der Waals surface area contributed by atoms with Crippen LogP contribution in [0, 0.1) is 0 Å². The molecule has 78 valence electrons. The van der Waals surface area contributed by atoms with Gasteiger partial charge in [-0.05, 0) is 28.1 Å². The van der Waals surface area contributed by atoms with Crippen molar-refractivity contribution in [2.45, 2.75) is 12.5 Å². The van der Waals surface area contributed by atoms with Gasteiger partial charge >= 0.3 is 0 Å². The second kappa shape index (κ2) is 4.55. The van der Waals surface area contributed by atoms with E-state index in [2.05, 4.69) is 31.1 Å². The first-order chi connectivity index (χ1) is 7.27. The van der Waals surface area contributed by atoms with Gasteiger partial charge in [-0.3, -0.25) is 10.1 Å². The summed E-state index contributed by atoms with van der Waals surface area (Å²) in [5.41, 5.74) is 1.61. The summed E-state index contributed by atoms with van der Waals surface area (Å²) in [4.78, 5) is 4.19. The normalized spacial score (nSPS) is 12.7. The topological polar surface area (TPSA) is 61.8 Å². The van der Waals surface area contributed by atoms with Crippen LogP contribution in [-0.2, 0) is 6.42 Å². The predicted molar refractivity (Wildman–Crippen MR) is 59.2 cm³/mol. The van der Waals surface area contributed by atoms with Crippen LogP contribution >= 0.6 is 15.9 Å². The van der Waals surface area contributed by atoms with Crippen molar-refractivity contribution in [2.75, 3.05) is 0 Å². The third kappa shape index (κ3) is 2.43. The molecule has 0 aliphatic rings. The highest BCUT2D eigenvalue weighted by molar-refractivity contribution is 9.10. The molecule has 0 saturated carbocycles. The Morgan fingerprint density at radius 3 is 3.07 bits per heavy atom. The molecule has 5 heteroatoms. The third-order valence-corrected chi connectivity index (χ3v) is 2.85. The maximum atomic E-state index is 9.87. The number of pyridine rings is 1. The maximum absolute atomic E-state index is 9.87. The number of aliphatic hydroxyl groups is 1. The third-order valence-electron chi connectivity index (χ3n) is 2.13. The first-order valence-electron chi connectivity index (χ1n) is 4.53. The molecule has 0 radical (unpaired) electrons. The van der Waals surface area contributed by atoms with Gasteiger partial charge in [0.1, 0.15) is 0 Å². The van der Waals surface area contributed by atoms with E-state index in [0.717, 1.165) is 15.7 Å². The molecule has 0 fully saturated rings. The van der Waals surface area contributed by atoms with E-state index in [0.29, 0.717) is 6.42 Å². The van der Waals surface area contributed by atoms with Gasteiger partial charge in [-0.15, -0.1) is 0 Å². The minimum atomic E-state index is -0.574. The molecule has 2 heterocycles. The van der Waals surface area contributed by atoms with Crippen molar-refractivity contribution in [3.8, 4) is 0 Å². The van der Waals surface area contributed by atoms with E-state index in [1.165, 1.54) is 0 Å². The van der Waals surface area contributed by atoms with Crippen molar-refractivity contribution in [2.24, 2.45) is 0 Å². The minimum Gasteiger partial charge on any atom is -0.388 e. The number of halogens is 1. The second-order valence-corrected chi connectivity index (χ2v) is 4.04. The standard InChI is InChI=1S/C10H10BrN3O/c11-8-2-1-3-12-9(8)4-10(15)7-5-13-14-6-7/h1-3,5-6,10,15H,4H2,(H,13,14). The molecule has 0 spiro atoms. The quantitative estimate of drug-likeness (QED) is 0.892. The lowest BCUT2D eigenvalue weighted by molar-refractivity contribution is 0.177. The van der Waals surface area contributed by atoms with Crippen LogP contribution < -0.4 is 0 Å². The molecule has 2 aromatic heterocycles. The van der Waals surface area contributed by atoms with Crippen molar-refractivity contribution < 1.29 is 5.11 Å². The van der Waals surface area contributed by atoms with Crippen molar-refractivity contribution in [3.05, 3.63) is 46.5 Å². The fraction of sp³-hybridized carbons (Fsp3) is 0.200. The van der Waals surface area contributed by atoms with Gasteiger partial charge in [-0.25, -0.2) is 0 Å². The maximum Gasteiger partial charge on any atom is 0.0876 e. The van der Waals surface area contributed by atoms with E-state index < -0.39 is 6.10 Å². The first-order valence-corrected chi connectivity index (χ1v) is 5.33. The van der Waals surface area contributed by atoms with Crippen LogP contribution in [0.25, 0.3) is 0 Å². The molecule has 4 nitrogen and oxygen atoms in total. The Balaban J connectivity index is 2.13. The molecular formula is C10H10BrN3O. The van der Waals surface area contributed by atoms with Crippen LogP contribution in [0.15, 0.2) is 35.2 Å². The molecule has 2 aromatic rings. The zero-order valence-electron chi connectivity index (χ0n) is 7.89. The number of nitrogens with one attached hydrogen (secondary N) is 1. The Bertz CT molecular complexity index is 430. The molecule has 1 atom stereocenters. The number of aliphatic hydroxyl groups excluding tert-OH is 1. The number of aromatic amines is 1. The van der Waals surface area contributed by atoms with Crippen molar-refractivity contribution in [1.82, 2.24) is 15.2 Å². The van der Waals surface area contributed by atoms with Gasteiger partial charge in [-0.2, -0.15) is 5.10 Å². The van der Waals surface area contributed by atoms with Crippen LogP contribution in [0.3, 0.4) is 0 Å². The highest BCUT2D eigenvalue weighted by Gasteiger charge is 2.11. The number of nitrogens with zero attached hydrogens (tertiary/aromatic N) is 2. The van der Waals surface area contributed by atoms with Crippen LogP contribution in [-0.4, -0.2) is 20.3 Å². The molecule has 0 amide bonds. The fourth-order valence-corrected chi connectivity index (χ4v) is 1.73. The monoisotopic (exact) mass is 267 g/mol. The SMILES string of the molecule is OC(Cc1ncccc1Br)c1cn[nH]c1. The molecule has 2 N–H and O–H groups in total. The second-order valence-electron chi connectivity index (χ2n) is 3.18. The summed E-state index contributed by atoms with van der Waals surface area (Å²) in [7, 11) is 0. The highest BCUT2D eigenvalue weighted by atomic mass is 79.9.